The molecular formula is C15H18ClN3O2. The van der Waals surface area contributed by atoms with Crippen molar-refractivity contribution in [2.45, 2.75) is 25.8 Å². The van der Waals surface area contributed by atoms with Crippen molar-refractivity contribution in [2.24, 2.45) is 0 Å². The van der Waals surface area contributed by atoms with E-state index in [1.54, 1.807) is 24.0 Å². The molecule has 2 rings (SSSR count). The lowest BCUT2D eigenvalue weighted by Crippen LogP contribution is -2.42. The minimum absolute atomic E-state index is 0.240. The average Bonchev–Trinajstić information content (AvgIpc) is 2.50. The van der Waals surface area contributed by atoms with Gasteiger partial charge in [-0.2, -0.15) is 5.26 Å². The molecule has 0 aromatic heterocycles. The van der Waals surface area contributed by atoms with Gasteiger partial charge >= 0.3 is 6.09 Å². The summed E-state index contributed by atoms with van der Waals surface area (Å²) in [6, 6.07) is 7.61. The zero-order valence-corrected chi connectivity index (χ0v) is 12.7. The number of nitrogens with one attached hydrogen (secondary N) is 1. The first kappa shape index (κ1) is 15.5. The van der Waals surface area contributed by atoms with Crippen molar-refractivity contribution in [1.82, 2.24) is 4.90 Å². The molecule has 1 fully saturated rings. The Hall–Kier alpha value is -1.93. The Morgan fingerprint density at radius 1 is 1.52 bits per heavy atom. The fraction of sp³-hybridized carbons (Fsp3) is 0.467. The van der Waals surface area contributed by atoms with Crippen LogP contribution in [0.15, 0.2) is 18.2 Å². The van der Waals surface area contributed by atoms with Crippen LogP contribution in [-0.4, -0.2) is 36.7 Å². The SMILES string of the molecule is CCOC(=O)N1CCC(Nc2ccc(Cl)cc2C#N)CC1. The Labute approximate surface area is 129 Å². The van der Waals surface area contributed by atoms with Crippen molar-refractivity contribution in [3.05, 3.63) is 28.8 Å². The molecule has 1 aliphatic rings. The third-order valence-corrected chi connectivity index (χ3v) is 3.72. The van der Waals surface area contributed by atoms with Crippen LogP contribution < -0.4 is 5.32 Å². The predicted octanol–water partition coefficient (Wildman–Crippen LogP) is 3.24. The normalized spacial score (nSPS) is 15.4. The van der Waals surface area contributed by atoms with E-state index in [9.17, 15) is 4.79 Å². The van der Waals surface area contributed by atoms with Gasteiger partial charge in [-0.1, -0.05) is 11.6 Å². The first-order chi connectivity index (χ1) is 10.1. The Kier molecular flexibility index (Phi) is 5.29. The molecule has 1 amide bonds. The van der Waals surface area contributed by atoms with Crippen LogP contribution in [0.5, 0.6) is 0 Å². The maximum Gasteiger partial charge on any atom is 0.409 e. The van der Waals surface area contributed by atoms with Crippen molar-refractivity contribution in [1.29, 1.82) is 5.26 Å². The highest BCUT2D eigenvalue weighted by molar-refractivity contribution is 6.30. The van der Waals surface area contributed by atoms with E-state index in [0.717, 1.165) is 18.5 Å². The monoisotopic (exact) mass is 307 g/mol. The number of benzene rings is 1. The number of rotatable bonds is 3. The predicted molar refractivity (Wildman–Crippen MR) is 81.4 cm³/mol. The first-order valence-corrected chi connectivity index (χ1v) is 7.39. The third kappa shape index (κ3) is 4.02. The summed E-state index contributed by atoms with van der Waals surface area (Å²) >= 11 is 5.89. The quantitative estimate of drug-likeness (QED) is 0.931. The van der Waals surface area contributed by atoms with E-state index in [1.165, 1.54) is 0 Å². The molecule has 0 saturated carbocycles. The van der Waals surface area contributed by atoms with E-state index in [4.69, 9.17) is 21.6 Å². The number of halogens is 1. The zero-order valence-electron chi connectivity index (χ0n) is 11.9. The van der Waals surface area contributed by atoms with Crippen LogP contribution in [0.1, 0.15) is 25.3 Å². The van der Waals surface area contributed by atoms with E-state index in [2.05, 4.69) is 11.4 Å². The van der Waals surface area contributed by atoms with E-state index in [1.807, 2.05) is 6.07 Å². The van der Waals surface area contributed by atoms with Crippen LogP contribution in [0.3, 0.4) is 0 Å². The molecular weight excluding hydrogens is 290 g/mol. The summed E-state index contributed by atoms with van der Waals surface area (Å²) in [7, 11) is 0. The average molecular weight is 308 g/mol. The molecule has 1 aliphatic heterocycles. The number of ether oxygens (including phenoxy) is 1. The number of hydrogen-bond acceptors (Lipinski definition) is 4. The number of amides is 1. The van der Waals surface area contributed by atoms with Gasteiger partial charge in [0.25, 0.3) is 0 Å². The lowest BCUT2D eigenvalue weighted by atomic mass is 10.0. The van der Waals surface area contributed by atoms with Gasteiger partial charge in [0.1, 0.15) is 6.07 Å². The molecule has 0 spiro atoms. The topological polar surface area (TPSA) is 65.4 Å². The minimum atomic E-state index is -0.250. The van der Waals surface area contributed by atoms with Crippen molar-refractivity contribution < 1.29 is 9.53 Å². The van der Waals surface area contributed by atoms with Crippen molar-refractivity contribution in [3.63, 3.8) is 0 Å². The summed E-state index contributed by atoms with van der Waals surface area (Å²) in [6.45, 7) is 3.52. The standard InChI is InChI=1S/C15H18ClN3O2/c1-2-21-15(20)19-7-5-13(6-8-19)18-14-4-3-12(16)9-11(14)10-17/h3-4,9,13,18H,2,5-8H2,1H3. The van der Waals surface area contributed by atoms with E-state index >= 15 is 0 Å². The number of hydrogen-bond donors (Lipinski definition) is 1. The summed E-state index contributed by atoms with van der Waals surface area (Å²) in [5.41, 5.74) is 1.33. The van der Waals surface area contributed by atoms with Crippen LogP contribution >= 0.6 is 11.6 Å². The van der Waals surface area contributed by atoms with Gasteiger partial charge in [-0.15, -0.1) is 0 Å². The lowest BCUT2D eigenvalue weighted by Gasteiger charge is -2.32. The summed E-state index contributed by atoms with van der Waals surface area (Å²) < 4.78 is 4.99. The van der Waals surface area contributed by atoms with Crippen molar-refractivity contribution >= 4 is 23.4 Å². The largest absolute Gasteiger partial charge is 0.450 e. The number of piperidine rings is 1. The Morgan fingerprint density at radius 3 is 2.86 bits per heavy atom. The van der Waals surface area contributed by atoms with Crippen LogP contribution in [0, 0.1) is 11.3 Å². The smallest absolute Gasteiger partial charge is 0.409 e. The maximum absolute atomic E-state index is 11.6. The van der Waals surface area contributed by atoms with E-state index in [0.29, 0.717) is 30.3 Å². The number of nitrogens with zero attached hydrogens (tertiary/aromatic N) is 2. The number of nitriles is 1. The molecule has 21 heavy (non-hydrogen) atoms. The number of likely N-dealkylation sites (tertiary alicyclic amines) is 1. The fourth-order valence-electron chi connectivity index (χ4n) is 2.38. The molecule has 0 bridgehead atoms. The third-order valence-electron chi connectivity index (χ3n) is 3.48. The van der Waals surface area contributed by atoms with Crippen LogP contribution in [-0.2, 0) is 4.74 Å². The fourth-order valence-corrected chi connectivity index (χ4v) is 2.55. The number of carbonyl (C=O) groups excluding carboxylic acids is 1. The second-order valence-corrected chi connectivity index (χ2v) is 5.34. The molecule has 112 valence electrons. The van der Waals surface area contributed by atoms with E-state index < -0.39 is 0 Å². The van der Waals surface area contributed by atoms with Crippen molar-refractivity contribution in [3.8, 4) is 6.07 Å². The van der Waals surface area contributed by atoms with Gasteiger partial charge in [-0.25, -0.2) is 4.79 Å². The highest BCUT2D eigenvalue weighted by atomic mass is 35.5. The second-order valence-electron chi connectivity index (χ2n) is 4.91. The minimum Gasteiger partial charge on any atom is -0.450 e. The molecule has 1 heterocycles. The second kappa shape index (κ2) is 7.19. The molecule has 0 aliphatic carbocycles. The first-order valence-electron chi connectivity index (χ1n) is 7.02. The molecule has 5 nitrogen and oxygen atoms in total. The Bertz CT molecular complexity index is 548. The van der Waals surface area contributed by atoms with Gasteiger partial charge in [0.2, 0.25) is 0 Å². The van der Waals surface area contributed by atoms with E-state index in [-0.39, 0.29) is 12.1 Å². The Balaban J connectivity index is 1.92. The van der Waals surface area contributed by atoms with Gasteiger partial charge in [-0.05, 0) is 38.0 Å². The zero-order chi connectivity index (χ0) is 15.2. The van der Waals surface area contributed by atoms with Crippen molar-refractivity contribution in [2.75, 3.05) is 25.0 Å². The molecule has 0 radical (unpaired) electrons. The summed E-state index contributed by atoms with van der Waals surface area (Å²) in [4.78, 5) is 13.3. The summed E-state index contributed by atoms with van der Waals surface area (Å²) in [6.07, 6.45) is 1.40. The van der Waals surface area contributed by atoms with Gasteiger partial charge < -0.3 is 15.0 Å². The molecule has 1 N–H and O–H groups in total. The maximum atomic E-state index is 11.6. The number of anilines is 1. The lowest BCUT2D eigenvalue weighted by molar-refractivity contribution is 0.0983. The highest BCUT2D eigenvalue weighted by Gasteiger charge is 2.23. The molecule has 6 heteroatoms. The van der Waals surface area contributed by atoms with Gasteiger partial charge in [0, 0.05) is 24.2 Å². The highest BCUT2D eigenvalue weighted by Crippen LogP contribution is 2.23. The Morgan fingerprint density at radius 2 is 2.24 bits per heavy atom. The molecule has 1 aromatic rings. The number of carbonyl (C=O) groups is 1. The van der Waals surface area contributed by atoms with Crippen LogP contribution in [0.4, 0.5) is 10.5 Å². The van der Waals surface area contributed by atoms with Gasteiger partial charge in [0.15, 0.2) is 0 Å². The summed E-state index contributed by atoms with van der Waals surface area (Å²) in [5.74, 6) is 0. The molecule has 0 atom stereocenters. The summed E-state index contributed by atoms with van der Waals surface area (Å²) in [5, 5.41) is 13.0. The van der Waals surface area contributed by atoms with Gasteiger partial charge in [0.05, 0.1) is 17.9 Å². The van der Waals surface area contributed by atoms with Crippen LogP contribution in [0.2, 0.25) is 5.02 Å². The van der Waals surface area contributed by atoms with Gasteiger partial charge in [-0.3, -0.25) is 0 Å². The molecule has 0 unspecified atom stereocenters. The molecule has 1 saturated heterocycles. The molecule has 1 aromatic carbocycles. The van der Waals surface area contributed by atoms with Crippen LogP contribution in [0.25, 0.3) is 0 Å².